The van der Waals surface area contributed by atoms with E-state index in [0.29, 0.717) is 44.6 Å². The summed E-state index contributed by atoms with van der Waals surface area (Å²) in [7, 11) is 0. The smallest absolute Gasteiger partial charge is 0.226 e. The molecule has 6 nitrogen and oxygen atoms in total. The Hall–Kier alpha value is -2.94. The molecule has 2 aromatic heterocycles. The van der Waals surface area contributed by atoms with Crippen LogP contribution in [-0.2, 0) is 11.8 Å². The van der Waals surface area contributed by atoms with Crippen molar-refractivity contribution in [3.63, 3.8) is 0 Å². The maximum atomic E-state index is 14.7. The van der Waals surface area contributed by atoms with Gasteiger partial charge in [0.25, 0.3) is 0 Å². The fourth-order valence-corrected chi connectivity index (χ4v) is 4.97. The zero-order valence-electron chi connectivity index (χ0n) is 18.8. The summed E-state index contributed by atoms with van der Waals surface area (Å²) < 4.78 is 34.5. The van der Waals surface area contributed by atoms with Crippen molar-refractivity contribution in [1.29, 1.82) is 0 Å². The predicted octanol–water partition coefficient (Wildman–Crippen LogP) is 6.19. The molecule has 176 valence electrons. The van der Waals surface area contributed by atoms with Crippen LogP contribution in [0.1, 0.15) is 49.4 Å². The zero-order valence-corrected chi connectivity index (χ0v) is 20.4. The number of anilines is 1. The van der Waals surface area contributed by atoms with Gasteiger partial charge in [-0.25, -0.2) is 18.7 Å². The average molecular weight is 528 g/mol. The second-order valence-corrected chi connectivity index (χ2v) is 9.10. The summed E-state index contributed by atoms with van der Waals surface area (Å²) in [5.74, 6) is 1.60. The van der Waals surface area contributed by atoms with Gasteiger partial charge in [-0.2, -0.15) is 4.98 Å². The Kier molecular flexibility index (Phi) is 6.54. The number of aromatic nitrogens is 4. The van der Waals surface area contributed by atoms with E-state index in [1.807, 2.05) is 0 Å². The number of halogens is 3. The molecule has 1 aliphatic heterocycles. The first-order valence-electron chi connectivity index (χ1n) is 11.4. The molecule has 0 saturated carbocycles. The molecule has 9 heteroatoms. The molecule has 0 radical (unpaired) electrons. The molecule has 1 aliphatic rings. The third kappa shape index (κ3) is 4.41. The lowest BCUT2D eigenvalue weighted by Crippen LogP contribution is -2.34. The maximum Gasteiger partial charge on any atom is 0.226 e. The van der Waals surface area contributed by atoms with Crippen LogP contribution in [0.3, 0.4) is 0 Å². The van der Waals surface area contributed by atoms with E-state index in [4.69, 9.17) is 4.52 Å². The van der Waals surface area contributed by atoms with Crippen LogP contribution in [0.2, 0.25) is 0 Å². The van der Waals surface area contributed by atoms with Gasteiger partial charge in [0.05, 0.1) is 5.52 Å². The summed E-state index contributed by atoms with van der Waals surface area (Å²) in [6.07, 6.45) is 4.93. The third-order valence-corrected chi connectivity index (χ3v) is 6.90. The highest BCUT2D eigenvalue weighted by Gasteiger charge is 2.26. The van der Waals surface area contributed by atoms with Crippen molar-refractivity contribution in [2.45, 2.75) is 43.9 Å². The molecule has 0 unspecified atom stereocenters. The van der Waals surface area contributed by atoms with Crippen LogP contribution < -0.4 is 4.90 Å². The van der Waals surface area contributed by atoms with Crippen LogP contribution in [-0.4, -0.2) is 33.2 Å². The van der Waals surface area contributed by atoms with Crippen molar-refractivity contribution >= 4 is 32.7 Å². The highest BCUT2D eigenvalue weighted by molar-refractivity contribution is 9.08. The Balaban J connectivity index is 1.44. The number of hydrogen-bond acceptors (Lipinski definition) is 6. The molecule has 0 aliphatic carbocycles. The van der Waals surface area contributed by atoms with Crippen molar-refractivity contribution in [2.24, 2.45) is 0 Å². The average Bonchev–Trinajstić information content (AvgIpc) is 3.32. The molecular weight excluding hydrogens is 504 g/mol. The maximum absolute atomic E-state index is 14.7. The number of hydrogen-bond donors (Lipinski definition) is 0. The molecule has 0 amide bonds. The second-order valence-electron chi connectivity index (χ2n) is 8.54. The molecule has 0 spiro atoms. The Morgan fingerprint density at radius 1 is 1.12 bits per heavy atom. The fraction of sp³-hybridized carbons (Fsp3) is 0.360. The molecule has 1 saturated heterocycles. The van der Waals surface area contributed by atoms with Crippen molar-refractivity contribution in [3.05, 3.63) is 65.6 Å². The van der Waals surface area contributed by atoms with E-state index in [1.165, 1.54) is 24.5 Å². The van der Waals surface area contributed by atoms with Gasteiger partial charge < -0.3 is 9.42 Å². The first-order valence-corrected chi connectivity index (χ1v) is 12.6. The monoisotopic (exact) mass is 527 g/mol. The van der Waals surface area contributed by atoms with Gasteiger partial charge in [-0.3, -0.25) is 0 Å². The zero-order chi connectivity index (χ0) is 23.7. The number of piperidine rings is 1. The van der Waals surface area contributed by atoms with E-state index >= 15 is 0 Å². The number of benzene rings is 2. The SMILES string of the molecule is CCCc1nc(C2CCN(c3ncnc4c(-c5ccc(CBr)c(F)c5)cc(F)cc34)CC2)no1. The number of nitrogens with zero attached hydrogens (tertiary/aromatic N) is 5. The Bertz CT molecular complexity index is 1320. The normalized spacial score (nSPS) is 14.8. The molecule has 5 rings (SSSR count). The van der Waals surface area contributed by atoms with Gasteiger partial charge in [0.1, 0.15) is 23.8 Å². The van der Waals surface area contributed by atoms with E-state index in [1.54, 1.807) is 12.1 Å². The minimum absolute atomic E-state index is 0.224. The lowest BCUT2D eigenvalue weighted by atomic mass is 9.95. The molecule has 34 heavy (non-hydrogen) atoms. The van der Waals surface area contributed by atoms with Gasteiger partial charge in [0.15, 0.2) is 5.82 Å². The van der Waals surface area contributed by atoms with Gasteiger partial charge in [-0.15, -0.1) is 0 Å². The summed E-state index contributed by atoms with van der Waals surface area (Å²) in [6, 6.07) is 7.78. The molecule has 0 bridgehead atoms. The van der Waals surface area contributed by atoms with E-state index in [9.17, 15) is 8.78 Å². The minimum Gasteiger partial charge on any atom is -0.356 e. The summed E-state index contributed by atoms with van der Waals surface area (Å²) in [5, 5.41) is 5.20. The number of rotatable bonds is 6. The minimum atomic E-state index is -0.409. The lowest BCUT2D eigenvalue weighted by molar-refractivity contribution is 0.363. The third-order valence-electron chi connectivity index (χ3n) is 6.30. The fourth-order valence-electron chi connectivity index (χ4n) is 4.51. The van der Waals surface area contributed by atoms with Crippen LogP contribution in [0.25, 0.3) is 22.0 Å². The first kappa shape index (κ1) is 22.8. The van der Waals surface area contributed by atoms with Crippen molar-refractivity contribution in [3.8, 4) is 11.1 Å². The summed E-state index contributed by atoms with van der Waals surface area (Å²) >= 11 is 3.28. The van der Waals surface area contributed by atoms with Crippen LogP contribution in [0.5, 0.6) is 0 Å². The van der Waals surface area contributed by atoms with E-state index in [-0.39, 0.29) is 11.7 Å². The standard InChI is InChI=1S/C25H24BrF2N5O/c1-2-3-22-31-24(32-34-22)15-6-8-33(9-7-15)25-20-12-18(27)11-19(23(20)29-14-30-25)16-4-5-17(13-26)21(28)10-16/h4-5,10-12,14-15H,2-3,6-9,13H2,1H3. The van der Waals surface area contributed by atoms with E-state index in [2.05, 4.69) is 47.9 Å². The molecule has 4 aromatic rings. The van der Waals surface area contributed by atoms with E-state index in [0.717, 1.165) is 44.6 Å². The molecule has 0 atom stereocenters. The van der Waals surface area contributed by atoms with Gasteiger partial charge in [0.2, 0.25) is 5.89 Å². The number of alkyl halides is 1. The van der Waals surface area contributed by atoms with Gasteiger partial charge in [-0.05, 0) is 48.6 Å². The highest BCUT2D eigenvalue weighted by Crippen LogP contribution is 2.36. The van der Waals surface area contributed by atoms with Crippen molar-refractivity contribution < 1.29 is 13.3 Å². The predicted molar refractivity (Wildman–Crippen MR) is 130 cm³/mol. The number of aryl methyl sites for hydroxylation is 1. The second kappa shape index (κ2) is 9.74. The summed E-state index contributed by atoms with van der Waals surface area (Å²) in [5.41, 5.74) is 2.27. The first-order chi connectivity index (χ1) is 16.6. The summed E-state index contributed by atoms with van der Waals surface area (Å²) in [4.78, 5) is 15.6. The Morgan fingerprint density at radius 3 is 2.68 bits per heavy atom. The molecule has 1 fully saturated rings. The summed E-state index contributed by atoms with van der Waals surface area (Å²) in [6.45, 7) is 3.54. The quantitative estimate of drug-likeness (QED) is 0.278. The largest absolute Gasteiger partial charge is 0.356 e. The topological polar surface area (TPSA) is 67.9 Å². The van der Waals surface area contributed by atoms with Crippen LogP contribution >= 0.6 is 15.9 Å². The van der Waals surface area contributed by atoms with Gasteiger partial charge in [-0.1, -0.05) is 40.1 Å². The lowest BCUT2D eigenvalue weighted by Gasteiger charge is -2.32. The number of fused-ring (bicyclic) bond motifs is 1. The molecule has 0 N–H and O–H groups in total. The van der Waals surface area contributed by atoms with Crippen LogP contribution in [0.15, 0.2) is 41.2 Å². The molecular formula is C25H24BrF2N5O. The van der Waals surface area contributed by atoms with E-state index < -0.39 is 5.82 Å². The highest BCUT2D eigenvalue weighted by atomic mass is 79.9. The van der Waals surface area contributed by atoms with Gasteiger partial charge >= 0.3 is 0 Å². The Morgan fingerprint density at radius 2 is 1.94 bits per heavy atom. The van der Waals surface area contributed by atoms with Crippen LogP contribution in [0.4, 0.5) is 14.6 Å². The van der Waals surface area contributed by atoms with Crippen LogP contribution in [0, 0.1) is 11.6 Å². The Labute approximate surface area is 204 Å². The molecule has 2 aromatic carbocycles. The van der Waals surface area contributed by atoms with Gasteiger partial charge in [0, 0.05) is 41.7 Å². The molecule has 3 heterocycles. The van der Waals surface area contributed by atoms with Crippen molar-refractivity contribution in [2.75, 3.05) is 18.0 Å². The van der Waals surface area contributed by atoms with Crippen molar-refractivity contribution in [1.82, 2.24) is 20.1 Å².